The minimum atomic E-state index is -0.395. The zero-order chi connectivity index (χ0) is 13.0. The topological polar surface area (TPSA) is 37.8 Å². The number of rotatable bonds is 4. The molecule has 0 aliphatic heterocycles. The van der Waals surface area contributed by atoms with Crippen molar-refractivity contribution in [3.8, 4) is 0 Å². The van der Waals surface area contributed by atoms with Gasteiger partial charge in [0.05, 0.1) is 5.02 Å². The van der Waals surface area contributed by atoms with E-state index in [0.29, 0.717) is 6.42 Å². The average molecular weight is 266 g/mol. The van der Waals surface area contributed by atoms with Gasteiger partial charge in [0.2, 0.25) is 0 Å². The van der Waals surface area contributed by atoms with Crippen LogP contribution < -0.4 is 5.32 Å². The van der Waals surface area contributed by atoms with E-state index in [1.165, 1.54) is 12.4 Å². The second-order valence-electron chi connectivity index (χ2n) is 3.97. The lowest BCUT2D eigenvalue weighted by atomic mass is 10.0. The largest absolute Gasteiger partial charge is 0.313 e. The van der Waals surface area contributed by atoms with Gasteiger partial charge in [0.15, 0.2) is 0 Å². The predicted octanol–water partition coefficient (Wildman–Crippen LogP) is 2.77. The van der Waals surface area contributed by atoms with Crippen LogP contribution in [0.1, 0.15) is 17.2 Å². The number of likely N-dealkylation sites (N-methyl/N-ethyl adjacent to an activating group) is 1. The summed E-state index contributed by atoms with van der Waals surface area (Å²) in [5, 5.41) is 3.31. The van der Waals surface area contributed by atoms with Gasteiger partial charge in [-0.3, -0.25) is 0 Å². The molecule has 18 heavy (non-hydrogen) atoms. The number of hydrogen-bond acceptors (Lipinski definition) is 3. The highest BCUT2D eigenvalue weighted by Crippen LogP contribution is 2.20. The van der Waals surface area contributed by atoms with E-state index in [1.807, 2.05) is 13.1 Å². The molecule has 0 saturated carbocycles. The minimum Gasteiger partial charge on any atom is -0.313 e. The number of halogens is 2. The van der Waals surface area contributed by atoms with Crippen molar-refractivity contribution in [3.05, 3.63) is 58.9 Å². The lowest BCUT2D eigenvalue weighted by Gasteiger charge is -2.16. The van der Waals surface area contributed by atoms with Gasteiger partial charge >= 0.3 is 0 Å². The summed E-state index contributed by atoms with van der Waals surface area (Å²) in [6.07, 6.45) is 5.64. The van der Waals surface area contributed by atoms with Crippen LogP contribution in [0.15, 0.2) is 36.9 Å². The van der Waals surface area contributed by atoms with Gasteiger partial charge in [-0.2, -0.15) is 0 Å². The number of benzene rings is 1. The Kier molecular flexibility index (Phi) is 4.23. The number of aromatic nitrogens is 2. The fourth-order valence-electron chi connectivity index (χ4n) is 1.78. The lowest BCUT2D eigenvalue weighted by molar-refractivity contribution is 0.580. The molecule has 0 radical (unpaired) electrons. The summed E-state index contributed by atoms with van der Waals surface area (Å²) in [6, 6.07) is 4.89. The third-order valence-electron chi connectivity index (χ3n) is 2.76. The van der Waals surface area contributed by atoms with Crippen LogP contribution in [0.4, 0.5) is 4.39 Å². The van der Waals surface area contributed by atoms with Crippen LogP contribution >= 0.6 is 11.6 Å². The Labute approximate surface area is 110 Å². The summed E-state index contributed by atoms with van der Waals surface area (Å²) in [5.41, 5.74) is 1.84. The number of hydrogen-bond donors (Lipinski definition) is 1. The van der Waals surface area contributed by atoms with Gasteiger partial charge in [0, 0.05) is 24.0 Å². The predicted molar refractivity (Wildman–Crippen MR) is 68.9 cm³/mol. The zero-order valence-corrected chi connectivity index (χ0v) is 10.7. The van der Waals surface area contributed by atoms with E-state index in [2.05, 4.69) is 15.3 Å². The first-order valence-electron chi connectivity index (χ1n) is 5.57. The molecule has 0 amide bonds. The molecule has 1 aromatic heterocycles. The number of nitrogens with one attached hydrogen (secondary N) is 1. The molecule has 1 aromatic carbocycles. The van der Waals surface area contributed by atoms with Gasteiger partial charge in [-0.15, -0.1) is 0 Å². The molecule has 0 fully saturated rings. The van der Waals surface area contributed by atoms with Gasteiger partial charge in [0.25, 0.3) is 0 Å². The first kappa shape index (κ1) is 12.9. The van der Waals surface area contributed by atoms with Crippen molar-refractivity contribution < 1.29 is 4.39 Å². The standard InChI is InChI=1S/C13H13ClFN3/c1-16-13(10-6-17-8-18-7-10)5-9-2-3-11(14)12(15)4-9/h2-4,6-8,13,16H,5H2,1H3. The van der Waals surface area contributed by atoms with E-state index >= 15 is 0 Å². The van der Waals surface area contributed by atoms with Crippen LogP contribution in [0.2, 0.25) is 5.02 Å². The van der Waals surface area contributed by atoms with Crippen molar-refractivity contribution in [2.45, 2.75) is 12.5 Å². The first-order valence-corrected chi connectivity index (χ1v) is 5.94. The fourth-order valence-corrected chi connectivity index (χ4v) is 1.90. The SMILES string of the molecule is CNC(Cc1ccc(Cl)c(F)c1)c1cncnc1. The maximum atomic E-state index is 13.4. The highest BCUT2D eigenvalue weighted by atomic mass is 35.5. The van der Waals surface area contributed by atoms with Gasteiger partial charge in [-0.05, 0) is 31.2 Å². The summed E-state index contributed by atoms with van der Waals surface area (Å²) in [4.78, 5) is 7.96. The second-order valence-corrected chi connectivity index (χ2v) is 4.37. The number of nitrogens with zero attached hydrogens (tertiary/aromatic N) is 2. The Bertz CT molecular complexity index is 519. The molecular formula is C13H13ClFN3. The Balaban J connectivity index is 2.18. The Morgan fingerprint density at radius 3 is 2.67 bits per heavy atom. The van der Waals surface area contributed by atoms with Crippen molar-refractivity contribution in [3.63, 3.8) is 0 Å². The Hall–Kier alpha value is -1.52. The molecule has 0 saturated heterocycles. The molecule has 2 rings (SSSR count). The molecule has 3 nitrogen and oxygen atoms in total. The molecule has 1 heterocycles. The third kappa shape index (κ3) is 3.03. The summed E-state index contributed by atoms with van der Waals surface area (Å²) in [5.74, 6) is -0.395. The van der Waals surface area contributed by atoms with Crippen molar-refractivity contribution in [1.29, 1.82) is 0 Å². The van der Waals surface area contributed by atoms with Crippen LogP contribution in [0.5, 0.6) is 0 Å². The van der Waals surface area contributed by atoms with Crippen LogP contribution in [0.25, 0.3) is 0 Å². The highest BCUT2D eigenvalue weighted by Gasteiger charge is 2.11. The van der Waals surface area contributed by atoms with E-state index < -0.39 is 5.82 Å². The van der Waals surface area contributed by atoms with Crippen molar-refractivity contribution in [1.82, 2.24) is 15.3 Å². The van der Waals surface area contributed by atoms with Gasteiger partial charge in [-0.1, -0.05) is 17.7 Å². The quantitative estimate of drug-likeness (QED) is 0.924. The normalized spacial score (nSPS) is 12.4. The monoisotopic (exact) mass is 265 g/mol. The Morgan fingerprint density at radius 2 is 2.06 bits per heavy atom. The molecule has 0 aliphatic carbocycles. The fraction of sp³-hybridized carbons (Fsp3) is 0.231. The maximum Gasteiger partial charge on any atom is 0.142 e. The molecule has 5 heteroatoms. The van der Waals surface area contributed by atoms with Gasteiger partial charge in [0.1, 0.15) is 12.1 Å². The molecule has 1 unspecified atom stereocenters. The first-order chi connectivity index (χ1) is 8.70. The van der Waals surface area contributed by atoms with Crippen molar-refractivity contribution >= 4 is 11.6 Å². The molecule has 0 aliphatic rings. The van der Waals surface area contributed by atoms with Crippen LogP contribution in [0, 0.1) is 5.82 Å². The lowest BCUT2D eigenvalue weighted by Crippen LogP contribution is -2.19. The van der Waals surface area contributed by atoms with E-state index in [4.69, 9.17) is 11.6 Å². The molecular weight excluding hydrogens is 253 g/mol. The smallest absolute Gasteiger partial charge is 0.142 e. The summed E-state index contributed by atoms with van der Waals surface area (Å²) in [6.45, 7) is 0. The van der Waals surface area contributed by atoms with E-state index in [0.717, 1.165) is 11.1 Å². The second kappa shape index (κ2) is 5.89. The van der Waals surface area contributed by atoms with E-state index in [9.17, 15) is 4.39 Å². The third-order valence-corrected chi connectivity index (χ3v) is 3.06. The Morgan fingerprint density at radius 1 is 1.33 bits per heavy atom. The van der Waals surface area contributed by atoms with Gasteiger partial charge in [-0.25, -0.2) is 14.4 Å². The molecule has 2 aromatic rings. The summed E-state index contributed by atoms with van der Waals surface area (Å²) in [7, 11) is 1.85. The molecule has 94 valence electrons. The average Bonchev–Trinajstić information content (AvgIpc) is 2.41. The molecule has 0 spiro atoms. The van der Waals surface area contributed by atoms with Crippen LogP contribution in [-0.4, -0.2) is 17.0 Å². The molecule has 0 bridgehead atoms. The maximum absolute atomic E-state index is 13.4. The van der Waals surface area contributed by atoms with E-state index in [-0.39, 0.29) is 11.1 Å². The van der Waals surface area contributed by atoms with Crippen LogP contribution in [-0.2, 0) is 6.42 Å². The van der Waals surface area contributed by atoms with Gasteiger partial charge < -0.3 is 5.32 Å². The minimum absolute atomic E-state index is 0.0479. The molecule has 1 N–H and O–H groups in total. The molecule has 1 atom stereocenters. The zero-order valence-electron chi connectivity index (χ0n) is 9.90. The van der Waals surface area contributed by atoms with Crippen molar-refractivity contribution in [2.75, 3.05) is 7.05 Å². The summed E-state index contributed by atoms with van der Waals surface area (Å²) >= 11 is 5.66. The van der Waals surface area contributed by atoms with Crippen molar-refractivity contribution in [2.24, 2.45) is 0 Å². The highest BCUT2D eigenvalue weighted by molar-refractivity contribution is 6.30. The van der Waals surface area contributed by atoms with E-state index in [1.54, 1.807) is 18.5 Å². The van der Waals surface area contributed by atoms with Crippen LogP contribution in [0.3, 0.4) is 0 Å². The summed E-state index contributed by atoms with van der Waals surface area (Å²) < 4.78 is 13.4.